The van der Waals surface area contributed by atoms with Gasteiger partial charge in [0.1, 0.15) is 12.0 Å². The zero-order valence-corrected chi connectivity index (χ0v) is 17.3. The third-order valence-electron chi connectivity index (χ3n) is 4.66. The molecule has 162 valence electrons. The number of rotatable bonds is 5. The maximum Gasteiger partial charge on any atom is 0.573 e. The molecule has 0 bridgehead atoms. The van der Waals surface area contributed by atoms with Gasteiger partial charge in [-0.3, -0.25) is 4.90 Å². The van der Waals surface area contributed by atoms with Crippen molar-refractivity contribution in [1.29, 1.82) is 0 Å². The van der Waals surface area contributed by atoms with Crippen LogP contribution in [0.25, 0.3) is 0 Å². The van der Waals surface area contributed by atoms with Crippen LogP contribution < -0.4 is 9.47 Å². The van der Waals surface area contributed by atoms with Crippen LogP contribution in [0.4, 0.5) is 17.6 Å². The fourth-order valence-electron chi connectivity index (χ4n) is 3.31. The summed E-state index contributed by atoms with van der Waals surface area (Å²) in [5.74, 6) is -2.12. The standard InChI is InChI=1S/C21H15BrF4N2O3/c22-14-3-1-12(2-4-14)10-28-11-13-7-8-27-19(18(13)20(28)29)30-17-6-5-15(9-16(17)23)31-21(24,25)26/h1-9,20,29H,10-11H2. The van der Waals surface area contributed by atoms with E-state index in [2.05, 4.69) is 25.7 Å². The molecule has 1 N–H and O–H groups in total. The summed E-state index contributed by atoms with van der Waals surface area (Å²) in [5.41, 5.74) is 2.12. The smallest absolute Gasteiger partial charge is 0.435 e. The van der Waals surface area contributed by atoms with Gasteiger partial charge >= 0.3 is 6.36 Å². The number of halogens is 5. The Balaban J connectivity index is 1.54. The highest BCUT2D eigenvalue weighted by atomic mass is 79.9. The summed E-state index contributed by atoms with van der Waals surface area (Å²) in [7, 11) is 0. The van der Waals surface area contributed by atoms with Crippen molar-refractivity contribution in [1.82, 2.24) is 9.88 Å². The number of nitrogens with zero attached hydrogens (tertiary/aromatic N) is 2. The zero-order chi connectivity index (χ0) is 22.2. The topological polar surface area (TPSA) is 54.8 Å². The molecule has 1 aliphatic rings. The third kappa shape index (κ3) is 4.97. The second-order valence-electron chi connectivity index (χ2n) is 6.84. The van der Waals surface area contributed by atoms with Gasteiger partial charge in [-0.2, -0.15) is 0 Å². The van der Waals surface area contributed by atoms with Gasteiger partial charge in [-0.1, -0.05) is 28.1 Å². The first kappa shape index (κ1) is 21.5. The number of fused-ring (bicyclic) bond motifs is 1. The van der Waals surface area contributed by atoms with Crippen molar-refractivity contribution in [2.24, 2.45) is 0 Å². The third-order valence-corrected chi connectivity index (χ3v) is 5.19. The molecule has 1 aliphatic heterocycles. The van der Waals surface area contributed by atoms with Crippen LogP contribution in [-0.2, 0) is 13.1 Å². The molecule has 3 aromatic rings. The average molecular weight is 499 g/mol. The molecule has 1 unspecified atom stereocenters. The number of alkyl halides is 3. The molecule has 0 aliphatic carbocycles. The van der Waals surface area contributed by atoms with E-state index in [0.717, 1.165) is 27.7 Å². The highest BCUT2D eigenvalue weighted by Crippen LogP contribution is 2.40. The van der Waals surface area contributed by atoms with E-state index in [1.54, 1.807) is 11.0 Å². The minimum atomic E-state index is -4.93. The minimum absolute atomic E-state index is 0.0216. The number of hydrogen-bond acceptors (Lipinski definition) is 5. The zero-order valence-electron chi connectivity index (χ0n) is 15.7. The van der Waals surface area contributed by atoms with Gasteiger partial charge in [0.25, 0.3) is 0 Å². The average Bonchev–Trinajstić information content (AvgIpc) is 3.01. The lowest BCUT2D eigenvalue weighted by Gasteiger charge is -2.21. The number of aliphatic hydroxyl groups excluding tert-OH is 1. The monoisotopic (exact) mass is 498 g/mol. The van der Waals surface area contributed by atoms with E-state index in [9.17, 15) is 22.7 Å². The number of ether oxygens (including phenoxy) is 2. The van der Waals surface area contributed by atoms with Crippen molar-refractivity contribution in [3.05, 3.63) is 81.7 Å². The van der Waals surface area contributed by atoms with Crippen LogP contribution in [0, 0.1) is 5.82 Å². The van der Waals surface area contributed by atoms with E-state index < -0.39 is 24.2 Å². The Kier molecular flexibility index (Phi) is 5.87. The van der Waals surface area contributed by atoms with Crippen LogP contribution in [0.1, 0.15) is 22.9 Å². The lowest BCUT2D eigenvalue weighted by Crippen LogP contribution is -2.21. The lowest BCUT2D eigenvalue weighted by molar-refractivity contribution is -0.274. The highest BCUT2D eigenvalue weighted by Gasteiger charge is 2.33. The Bertz CT molecular complexity index is 1090. The van der Waals surface area contributed by atoms with Gasteiger partial charge in [-0.15, -0.1) is 13.2 Å². The first-order valence-electron chi connectivity index (χ1n) is 9.07. The first-order chi connectivity index (χ1) is 14.7. The normalized spacial score (nSPS) is 16.3. The number of hydrogen-bond donors (Lipinski definition) is 1. The largest absolute Gasteiger partial charge is 0.573 e. The van der Waals surface area contributed by atoms with Crippen LogP contribution in [-0.4, -0.2) is 21.4 Å². The number of aliphatic hydroxyl groups is 1. The molecule has 0 fully saturated rings. The maximum atomic E-state index is 14.3. The van der Waals surface area contributed by atoms with Crippen molar-refractivity contribution in [3.63, 3.8) is 0 Å². The van der Waals surface area contributed by atoms with Gasteiger partial charge in [0, 0.05) is 29.8 Å². The van der Waals surface area contributed by atoms with Crippen LogP contribution in [0.5, 0.6) is 17.4 Å². The molecule has 5 nitrogen and oxygen atoms in total. The Morgan fingerprint density at radius 3 is 2.55 bits per heavy atom. The van der Waals surface area contributed by atoms with E-state index in [1.165, 1.54) is 6.20 Å². The Labute approximate surface area is 183 Å². The van der Waals surface area contributed by atoms with Crippen molar-refractivity contribution in [2.45, 2.75) is 25.7 Å². The second-order valence-corrected chi connectivity index (χ2v) is 7.75. The molecule has 10 heteroatoms. The van der Waals surface area contributed by atoms with Crippen molar-refractivity contribution in [3.8, 4) is 17.4 Å². The molecule has 0 saturated carbocycles. The molecular weight excluding hydrogens is 484 g/mol. The van der Waals surface area contributed by atoms with Crippen LogP contribution in [0.15, 0.2) is 59.2 Å². The molecule has 2 heterocycles. The van der Waals surface area contributed by atoms with E-state index in [1.807, 2.05) is 24.3 Å². The van der Waals surface area contributed by atoms with Crippen molar-refractivity contribution in [2.75, 3.05) is 0 Å². The van der Waals surface area contributed by atoms with Crippen LogP contribution >= 0.6 is 15.9 Å². The molecule has 1 atom stereocenters. The maximum absolute atomic E-state index is 14.3. The van der Waals surface area contributed by atoms with E-state index in [4.69, 9.17) is 4.74 Å². The Hall–Kier alpha value is -2.69. The molecule has 0 amide bonds. The van der Waals surface area contributed by atoms with Gasteiger partial charge < -0.3 is 14.6 Å². The molecule has 4 rings (SSSR count). The SMILES string of the molecule is OC1c2c(ccnc2Oc2ccc(OC(F)(F)F)cc2F)CN1Cc1ccc(Br)cc1. The number of aromatic nitrogens is 1. The molecule has 0 saturated heterocycles. The molecule has 31 heavy (non-hydrogen) atoms. The van der Waals surface area contributed by atoms with Gasteiger partial charge in [-0.25, -0.2) is 9.37 Å². The molecule has 0 spiro atoms. The van der Waals surface area contributed by atoms with Crippen molar-refractivity contribution >= 4 is 15.9 Å². The molecule has 0 radical (unpaired) electrons. The van der Waals surface area contributed by atoms with Crippen LogP contribution in [0.2, 0.25) is 0 Å². The Morgan fingerprint density at radius 2 is 1.87 bits per heavy atom. The quantitative estimate of drug-likeness (QED) is 0.458. The summed E-state index contributed by atoms with van der Waals surface area (Å²) in [6.45, 7) is 0.882. The summed E-state index contributed by atoms with van der Waals surface area (Å²) in [6, 6.07) is 11.9. The summed E-state index contributed by atoms with van der Waals surface area (Å²) < 4.78 is 61.3. The van der Waals surface area contributed by atoms with Gasteiger partial charge in [0.2, 0.25) is 5.88 Å². The summed E-state index contributed by atoms with van der Waals surface area (Å²) >= 11 is 3.38. The summed E-state index contributed by atoms with van der Waals surface area (Å²) in [4.78, 5) is 5.87. The fourth-order valence-corrected chi connectivity index (χ4v) is 3.57. The van der Waals surface area contributed by atoms with E-state index in [-0.39, 0.29) is 11.6 Å². The lowest BCUT2D eigenvalue weighted by atomic mass is 10.1. The van der Waals surface area contributed by atoms with Gasteiger partial charge in [0.15, 0.2) is 11.6 Å². The van der Waals surface area contributed by atoms with E-state index in [0.29, 0.717) is 24.7 Å². The Morgan fingerprint density at radius 1 is 1.13 bits per heavy atom. The molecule has 1 aromatic heterocycles. The van der Waals surface area contributed by atoms with Gasteiger partial charge in [-0.05, 0) is 41.5 Å². The minimum Gasteiger partial charge on any atom is -0.435 e. The first-order valence-corrected chi connectivity index (χ1v) is 9.86. The highest BCUT2D eigenvalue weighted by molar-refractivity contribution is 9.10. The van der Waals surface area contributed by atoms with E-state index >= 15 is 0 Å². The summed E-state index contributed by atoms with van der Waals surface area (Å²) in [6.07, 6.45) is -4.51. The summed E-state index contributed by atoms with van der Waals surface area (Å²) in [5, 5.41) is 10.8. The van der Waals surface area contributed by atoms with Gasteiger partial charge in [0.05, 0.1) is 5.56 Å². The van der Waals surface area contributed by atoms with Crippen LogP contribution in [0.3, 0.4) is 0 Å². The number of pyridine rings is 1. The molecule has 2 aromatic carbocycles. The predicted octanol–water partition coefficient (Wildman–Crippen LogP) is 5.68. The fraction of sp³-hybridized carbons (Fsp3) is 0.190. The number of benzene rings is 2. The van der Waals surface area contributed by atoms with Crippen molar-refractivity contribution < 1.29 is 32.1 Å². The second kappa shape index (κ2) is 8.45. The predicted molar refractivity (Wildman–Crippen MR) is 106 cm³/mol. The molecular formula is C21H15BrF4N2O3.